The molecule has 1 aromatic rings. The summed E-state index contributed by atoms with van der Waals surface area (Å²) in [6.07, 6.45) is 5.49. The van der Waals surface area contributed by atoms with Crippen molar-refractivity contribution >= 4 is 5.91 Å². The molecule has 0 spiro atoms. The van der Waals surface area contributed by atoms with Crippen molar-refractivity contribution in [2.24, 2.45) is 7.05 Å². The molecule has 1 aliphatic heterocycles. The first-order valence-electron chi connectivity index (χ1n) is 6.68. The van der Waals surface area contributed by atoms with Gasteiger partial charge < -0.3 is 10.6 Å². The highest BCUT2D eigenvalue weighted by atomic mass is 16.2. The van der Waals surface area contributed by atoms with Crippen LogP contribution in [0.1, 0.15) is 31.9 Å². The van der Waals surface area contributed by atoms with Crippen LogP contribution in [0.2, 0.25) is 0 Å². The highest BCUT2D eigenvalue weighted by Crippen LogP contribution is 2.22. The maximum absolute atomic E-state index is 12.2. The van der Waals surface area contributed by atoms with Gasteiger partial charge in [0.2, 0.25) is 5.91 Å². The molecule has 0 bridgehead atoms. The Kier molecular flexibility index (Phi) is 4.01. The summed E-state index contributed by atoms with van der Waals surface area (Å²) in [5.41, 5.74) is 0.812. The largest absolute Gasteiger partial charge is 0.354 e. The van der Waals surface area contributed by atoms with Crippen molar-refractivity contribution in [3.05, 3.63) is 18.0 Å². The van der Waals surface area contributed by atoms with E-state index >= 15 is 0 Å². The van der Waals surface area contributed by atoms with Crippen LogP contribution in [-0.4, -0.2) is 34.3 Å². The third-order valence-corrected chi connectivity index (χ3v) is 3.87. The molecular weight excluding hydrogens is 228 g/mol. The van der Waals surface area contributed by atoms with Gasteiger partial charge in [0.05, 0.1) is 5.54 Å². The molecule has 1 unspecified atom stereocenters. The van der Waals surface area contributed by atoms with Crippen molar-refractivity contribution in [3.63, 3.8) is 0 Å². The lowest BCUT2D eigenvalue weighted by Gasteiger charge is -2.26. The summed E-state index contributed by atoms with van der Waals surface area (Å²) in [6.45, 7) is 3.68. The smallest absolute Gasteiger partial charge is 0.240 e. The predicted molar refractivity (Wildman–Crippen MR) is 70.2 cm³/mol. The molecule has 1 fully saturated rings. The predicted octanol–water partition coefficient (Wildman–Crippen LogP) is 0.611. The van der Waals surface area contributed by atoms with E-state index in [1.54, 1.807) is 6.20 Å². The van der Waals surface area contributed by atoms with Gasteiger partial charge in [-0.25, -0.2) is 0 Å². The lowest BCUT2D eigenvalue weighted by Crippen LogP contribution is -2.53. The van der Waals surface area contributed by atoms with Crippen LogP contribution in [0, 0.1) is 0 Å². The van der Waals surface area contributed by atoms with Gasteiger partial charge >= 0.3 is 0 Å². The second-order valence-electron chi connectivity index (χ2n) is 4.92. The molecule has 100 valence electrons. The zero-order valence-electron chi connectivity index (χ0n) is 11.2. The van der Waals surface area contributed by atoms with Crippen LogP contribution in [0.5, 0.6) is 0 Å². The van der Waals surface area contributed by atoms with E-state index in [2.05, 4.69) is 22.7 Å². The molecule has 2 rings (SSSR count). The van der Waals surface area contributed by atoms with Crippen molar-refractivity contribution in [2.45, 2.75) is 38.1 Å². The van der Waals surface area contributed by atoms with Crippen molar-refractivity contribution in [1.29, 1.82) is 0 Å². The third-order valence-electron chi connectivity index (χ3n) is 3.87. The van der Waals surface area contributed by atoms with E-state index in [1.165, 1.54) is 0 Å². The quantitative estimate of drug-likeness (QED) is 0.805. The number of hydrogen-bond acceptors (Lipinski definition) is 3. The van der Waals surface area contributed by atoms with Crippen molar-refractivity contribution in [3.8, 4) is 0 Å². The van der Waals surface area contributed by atoms with E-state index in [0.29, 0.717) is 6.54 Å². The minimum absolute atomic E-state index is 0.143. The highest BCUT2D eigenvalue weighted by molar-refractivity contribution is 5.86. The molecular formula is C13H22N4O. The van der Waals surface area contributed by atoms with Gasteiger partial charge in [0.1, 0.15) is 0 Å². The van der Waals surface area contributed by atoms with Gasteiger partial charge in [-0.2, -0.15) is 5.10 Å². The summed E-state index contributed by atoms with van der Waals surface area (Å²) >= 11 is 0. The van der Waals surface area contributed by atoms with Crippen LogP contribution in [0.25, 0.3) is 0 Å². The number of aromatic nitrogens is 2. The Labute approximate surface area is 108 Å². The summed E-state index contributed by atoms with van der Waals surface area (Å²) in [5.74, 6) is 0.143. The average molecular weight is 250 g/mol. The fourth-order valence-electron chi connectivity index (χ4n) is 2.58. The van der Waals surface area contributed by atoms with Gasteiger partial charge in [-0.3, -0.25) is 9.48 Å². The van der Waals surface area contributed by atoms with Crippen LogP contribution in [0.4, 0.5) is 0 Å². The van der Waals surface area contributed by atoms with Crippen molar-refractivity contribution in [2.75, 3.05) is 13.1 Å². The molecule has 0 radical (unpaired) electrons. The number of hydrogen-bond donors (Lipinski definition) is 2. The Bertz CT molecular complexity index is 407. The van der Waals surface area contributed by atoms with Crippen molar-refractivity contribution in [1.82, 2.24) is 20.4 Å². The maximum Gasteiger partial charge on any atom is 0.240 e. The van der Waals surface area contributed by atoms with Crippen LogP contribution in [0.15, 0.2) is 12.3 Å². The number of aryl methyl sites for hydroxylation is 1. The van der Waals surface area contributed by atoms with E-state index in [-0.39, 0.29) is 11.4 Å². The van der Waals surface area contributed by atoms with Crippen LogP contribution in [0.3, 0.4) is 0 Å². The van der Waals surface area contributed by atoms with E-state index in [4.69, 9.17) is 0 Å². The minimum Gasteiger partial charge on any atom is -0.354 e. The Morgan fingerprint density at radius 1 is 1.67 bits per heavy atom. The highest BCUT2D eigenvalue weighted by Gasteiger charge is 2.38. The Morgan fingerprint density at radius 3 is 3.06 bits per heavy atom. The lowest BCUT2D eigenvalue weighted by atomic mass is 9.93. The van der Waals surface area contributed by atoms with Gasteiger partial charge in [0.15, 0.2) is 0 Å². The van der Waals surface area contributed by atoms with Crippen LogP contribution < -0.4 is 10.6 Å². The summed E-state index contributed by atoms with van der Waals surface area (Å²) in [6, 6.07) is 1.98. The van der Waals surface area contributed by atoms with E-state index in [0.717, 1.165) is 37.9 Å². The Morgan fingerprint density at radius 2 is 2.50 bits per heavy atom. The molecule has 1 atom stereocenters. The molecule has 1 saturated heterocycles. The molecule has 1 aliphatic rings. The molecule has 0 aromatic carbocycles. The number of rotatable bonds is 5. The van der Waals surface area contributed by atoms with Gasteiger partial charge in [-0.05, 0) is 31.9 Å². The maximum atomic E-state index is 12.2. The molecule has 18 heavy (non-hydrogen) atoms. The SMILES string of the molecule is CCC1(C(=O)NCCc2ccnn2C)CCCN1. The monoisotopic (exact) mass is 250 g/mol. The normalized spacial score (nSPS) is 23.2. The van der Waals surface area contributed by atoms with Gasteiger partial charge in [-0.1, -0.05) is 6.92 Å². The van der Waals surface area contributed by atoms with Gasteiger partial charge in [0.25, 0.3) is 0 Å². The summed E-state index contributed by atoms with van der Waals surface area (Å²) in [7, 11) is 1.92. The van der Waals surface area contributed by atoms with Crippen LogP contribution in [-0.2, 0) is 18.3 Å². The zero-order chi connectivity index (χ0) is 13.0. The topological polar surface area (TPSA) is 59.0 Å². The molecule has 1 amide bonds. The molecule has 0 aliphatic carbocycles. The Hall–Kier alpha value is -1.36. The van der Waals surface area contributed by atoms with E-state index < -0.39 is 0 Å². The third kappa shape index (κ3) is 2.56. The zero-order valence-corrected chi connectivity index (χ0v) is 11.2. The fourth-order valence-corrected chi connectivity index (χ4v) is 2.58. The first-order chi connectivity index (χ1) is 8.68. The number of carbonyl (C=O) groups is 1. The lowest BCUT2D eigenvalue weighted by molar-refractivity contribution is -0.127. The minimum atomic E-state index is -0.327. The van der Waals surface area contributed by atoms with Crippen LogP contribution >= 0.6 is 0 Å². The molecule has 5 nitrogen and oxygen atoms in total. The molecule has 0 saturated carbocycles. The second-order valence-corrected chi connectivity index (χ2v) is 4.92. The first-order valence-corrected chi connectivity index (χ1v) is 6.68. The number of amides is 1. The van der Waals surface area contributed by atoms with Crippen molar-refractivity contribution < 1.29 is 4.79 Å². The number of nitrogens with one attached hydrogen (secondary N) is 2. The summed E-state index contributed by atoms with van der Waals surface area (Å²) < 4.78 is 1.84. The summed E-state index contributed by atoms with van der Waals surface area (Å²) in [5, 5.41) is 10.5. The first kappa shape index (κ1) is 13.1. The fraction of sp³-hybridized carbons (Fsp3) is 0.692. The standard InChI is InChI=1S/C13H22N4O/c1-3-13(7-4-8-15-13)12(18)14-9-5-11-6-10-16-17(11)2/h6,10,15H,3-5,7-9H2,1-2H3,(H,14,18). The summed E-state index contributed by atoms with van der Waals surface area (Å²) in [4.78, 5) is 12.2. The van der Waals surface area contributed by atoms with Gasteiger partial charge in [-0.15, -0.1) is 0 Å². The molecule has 2 N–H and O–H groups in total. The van der Waals surface area contributed by atoms with Gasteiger partial charge in [0, 0.05) is 31.9 Å². The number of nitrogens with zero attached hydrogens (tertiary/aromatic N) is 2. The molecule has 5 heteroatoms. The Balaban J connectivity index is 1.83. The average Bonchev–Trinajstić information content (AvgIpc) is 2.99. The molecule has 2 heterocycles. The number of carbonyl (C=O) groups excluding carboxylic acids is 1. The molecule has 1 aromatic heterocycles. The van der Waals surface area contributed by atoms with E-state index in [1.807, 2.05) is 17.8 Å². The van der Waals surface area contributed by atoms with E-state index in [9.17, 15) is 4.79 Å². The second kappa shape index (κ2) is 5.52.